The van der Waals surface area contributed by atoms with Crippen molar-refractivity contribution < 1.29 is 9.13 Å². The molecule has 2 nitrogen and oxygen atoms in total. The van der Waals surface area contributed by atoms with Crippen LogP contribution in [-0.2, 0) is 11.3 Å². The number of nitrogens with zero attached hydrogens (tertiary/aromatic N) is 1. The number of nitriles is 1. The van der Waals surface area contributed by atoms with E-state index in [0.717, 1.165) is 25.7 Å². The van der Waals surface area contributed by atoms with Crippen molar-refractivity contribution in [3.63, 3.8) is 0 Å². The summed E-state index contributed by atoms with van der Waals surface area (Å²) in [6, 6.07) is 6.72. The molecule has 0 aliphatic heterocycles. The van der Waals surface area contributed by atoms with Crippen LogP contribution in [-0.4, -0.2) is 6.10 Å². The Kier molecular flexibility index (Phi) is 4.21. The fourth-order valence-corrected chi connectivity index (χ4v) is 2.52. The molecular weight excluding hydrogens is 241 g/mol. The average molecular weight is 261 g/mol. The number of halogens is 1. The highest BCUT2D eigenvalue weighted by Gasteiger charge is 2.27. The molecule has 2 rings (SSSR count). The summed E-state index contributed by atoms with van der Waals surface area (Å²) in [4.78, 5) is 0. The topological polar surface area (TPSA) is 33.0 Å². The van der Waals surface area contributed by atoms with Gasteiger partial charge < -0.3 is 4.74 Å². The summed E-state index contributed by atoms with van der Waals surface area (Å²) >= 11 is 0. The molecule has 0 spiro atoms. The van der Waals surface area contributed by atoms with Crippen LogP contribution in [0, 0.1) is 22.6 Å². The van der Waals surface area contributed by atoms with Crippen molar-refractivity contribution in [2.75, 3.05) is 0 Å². The maximum absolute atomic E-state index is 13.8. The summed E-state index contributed by atoms with van der Waals surface area (Å²) in [6.07, 6.45) is 4.59. The molecule has 1 aromatic rings. The molecule has 0 radical (unpaired) electrons. The first-order valence-electron chi connectivity index (χ1n) is 6.81. The number of benzene rings is 1. The summed E-state index contributed by atoms with van der Waals surface area (Å²) in [6.45, 7) is 4.81. The molecule has 1 saturated carbocycles. The summed E-state index contributed by atoms with van der Waals surface area (Å²) in [5.74, 6) is -0.443. The van der Waals surface area contributed by atoms with E-state index in [1.807, 2.05) is 6.07 Å². The monoisotopic (exact) mass is 261 g/mol. The predicted octanol–water partition coefficient (Wildman–Crippen LogP) is 4.18. The van der Waals surface area contributed by atoms with E-state index < -0.39 is 5.82 Å². The van der Waals surface area contributed by atoms with Gasteiger partial charge >= 0.3 is 0 Å². The molecule has 0 bridgehead atoms. The van der Waals surface area contributed by atoms with Crippen molar-refractivity contribution in [1.29, 1.82) is 5.26 Å². The first-order chi connectivity index (χ1) is 9.02. The van der Waals surface area contributed by atoms with Gasteiger partial charge in [0.05, 0.1) is 18.3 Å². The van der Waals surface area contributed by atoms with Gasteiger partial charge in [-0.05, 0) is 37.2 Å². The van der Waals surface area contributed by atoms with Crippen LogP contribution < -0.4 is 0 Å². The molecule has 0 N–H and O–H groups in total. The van der Waals surface area contributed by atoms with E-state index in [1.54, 1.807) is 12.1 Å². The van der Waals surface area contributed by atoms with Gasteiger partial charge in [-0.3, -0.25) is 0 Å². The average Bonchev–Trinajstić information content (AvgIpc) is 2.39. The van der Waals surface area contributed by atoms with Gasteiger partial charge in [0.1, 0.15) is 11.9 Å². The third-order valence-electron chi connectivity index (χ3n) is 3.96. The molecule has 0 unspecified atom stereocenters. The van der Waals surface area contributed by atoms with Crippen LogP contribution in [0.25, 0.3) is 0 Å². The van der Waals surface area contributed by atoms with Crippen LogP contribution in [0.15, 0.2) is 18.2 Å². The Morgan fingerprint density at radius 1 is 1.37 bits per heavy atom. The third-order valence-corrected chi connectivity index (χ3v) is 3.96. The van der Waals surface area contributed by atoms with Crippen molar-refractivity contribution in [2.24, 2.45) is 5.41 Å². The lowest BCUT2D eigenvalue weighted by Crippen LogP contribution is -2.26. The van der Waals surface area contributed by atoms with Gasteiger partial charge in [0, 0.05) is 5.56 Å². The Balaban J connectivity index is 1.92. The smallest absolute Gasteiger partial charge is 0.146 e. The first kappa shape index (κ1) is 14.0. The second-order valence-electron chi connectivity index (χ2n) is 6.07. The summed E-state index contributed by atoms with van der Waals surface area (Å²) in [5.41, 5.74) is 0.973. The lowest BCUT2D eigenvalue weighted by Gasteiger charge is -2.34. The van der Waals surface area contributed by atoms with Crippen molar-refractivity contribution >= 4 is 0 Å². The lowest BCUT2D eigenvalue weighted by molar-refractivity contribution is -0.00660. The van der Waals surface area contributed by atoms with Gasteiger partial charge in [0.15, 0.2) is 0 Å². The maximum atomic E-state index is 13.8. The zero-order chi connectivity index (χ0) is 13.9. The van der Waals surface area contributed by atoms with Crippen LogP contribution in [0.2, 0.25) is 0 Å². The molecule has 1 fully saturated rings. The van der Waals surface area contributed by atoms with E-state index in [-0.39, 0.29) is 18.3 Å². The summed E-state index contributed by atoms with van der Waals surface area (Å²) in [5, 5.41) is 8.79. The van der Waals surface area contributed by atoms with E-state index in [1.165, 1.54) is 6.07 Å². The van der Waals surface area contributed by atoms with Crippen LogP contribution in [0.4, 0.5) is 4.39 Å². The predicted molar refractivity (Wildman–Crippen MR) is 71.9 cm³/mol. The third kappa shape index (κ3) is 3.54. The minimum atomic E-state index is -0.443. The van der Waals surface area contributed by atoms with E-state index in [9.17, 15) is 4.39 Å². The SMILES string of the molecule is CC1(C)CCC(OCc2cccc(C#N)c2F)CC1. The Hall–Kier alpha value is -1.40. The maximum Gasteiger partial charge on any atom is 0.146 e. The second kappa shape index (κ2) is 5.71. The molecule has 0 atom stereocenters. The van der Waals surface area contributed by atoms with Gasteiger partial charge in [-0.1, -0.05) is 26.0 Å². The van der Waals surface area contributed by atoms with Crippen molar-refractivity contribution in [3.05, 3.63) is 35.1 Å². The Labute approximate surface area is 114 Å². The molecule has 0 saturated heterocycles. The molecule has 102 valence electrons. The minimum Gasteiger partial charge on any atom is -0.373 e. The van der Waals surface area contributed by atoms with Crippen LogP contribution in [0.3, 0.4) is 0 Å². The Morgan fingerprint density at radius 2 is 2.05 bits per heavy atom. The minimum absolute atomic E-state index is 0.0888. The van der Waals surface area contributed by atoms with Crippen LogP contribution >= 0.6 is 0 Å². The fraction of sp³-hybridized carbons (Fsp3) is 0.562. The molecule has 1 aromatic carbocycles. The van der Waals surface area contributed by atoms with E-state index in [2.05, 4.69) is 13.8 Å². The molecular formula is C16H20FNO. The highest BCUT2D eigenvalue weighted by atomic mass is 19.1. The largest absolute Gasteiger partial charge is 0.373 e. The molecule has 3 heteroatoms. The van der Waals surface area contributed by atoms with Gasteiger partial charge in [0.25, 0.3) is 0 Å². The Bertz CT molecular complexity index is 480. The number of hydrogen-bond donors (Lipinski definition) is 0. The second-order valence-corrected chi connectivity index (χ2v) is 6.07. The quantitative estimate of drug-likeness (QED) is 0.817. The van der Waals surface area contributed by atoms with Crippen molar-refractivity contribution in [1.82, 2.24) is 0 Å². The standard InChI is InChI=1S/C16H20FNO/c1-16(2)8-6-14(7-9-16)19-11-13-5-3-4-12(10-18)15(13)17/h3-5,14H,6-9,11H2,1-2H3. The van der Waals surface area contributed by atoms with Gasteiger partial charge in [-0.25, -0.2) is 4.39 Å². The van der Waals surface area contributed by atoms with Crippen LogP contribution in [0.5, 0.6) is 0 Å². The molecule has 1 aliphatic rings. The van der Waals surface area contributed by atoms with E-state index in [0.29, 0.717) is 11.0 Å². The van der Waals surface area contributed by atoms with Gasteiger partial charge in [-0.15, -0.1) is 0 Å². The fourth-order valence-electron chi connectivity index (χ4n) is 2.52. The molecule has 0 heterocycles. The van der Waals surface area contributed by atoms with Crippen molar-refractivity contribution in [3.8, 4) is 6.07 Å². The van der Waals surface area contributed by atoms with Gasteiger partial charge in [0.2, 0.25) is 0 Å². The number of ether oxygens (including phenoxy) is 1. The first-order valence-corrected chi connectivity index (χ1v) is 6.81. The number of hydrogen-bond acceptors (Lipinski definition) is 2. The number of rotatable bonds is 3. The van der Waals surface area contributed by atoms with E-state index >= 15 is 0 Å². The van der Waals surface area contributed by atoms with E-state index in [4.69, 9.17) is 10.00 Å². The lowest BCUT2D eigenvalue weighted by atomic mass is 9.76. The summed E-state index contributed by atoms with van der Waals surface area (Å²) in [7, 11) is 0. The summed E-state index contributed by atoms with van der Waals surface area (Å²) < 4.78 is 19.6. The highest BCUT2D eigenvalue weighted by molar-refractivity contribution is 5.34. The Morgan fingerprint density at radius 3 is 2.68 bits per heavy atom. The van der Waals surface area contributed by atoms with Gasteiger partial charge in [-0.2, -0.15) is 5.26 Å². The normalized spacial score (nSPS) is 19.1. The van der Waals surface area contributed by atoms with Crippen molar-refractivity contribution in [2.45, 2.75) is 52.2 Å². The zero-order valence-electron chi connectivity index (χ0n) is 11.6. The molecule has 0 aromatic heterocycles. The molecule has 0 amide bonds. The molecule has 1 aliphatic carbocycles. The zero-order valence-corrected chi connectivity index (χ0v) is 11.6. The molecule has 19 heavy (non-hydrogen) atoms. The highest BCUT2D eigenvalue weighted by Crippen LogP contribution is 2.36. The van der Waals surface area contributed by atoms with Crippen LogP contribution in [0.1, 0.15) is 50.7 Å².